The van der Waals surface area contributed by atoms with E-state index in [2.05, 4.69) is 9.97 Å². The van der Waals surface area contributed by atoms with E-state index in [0.717, 1.165) is 22.3 Å². The normalized spacial score (nSPS) is 10.8. The Hall–Kier alpha value is -2.67. The molecule has 0 fully saturated rings. The number of halogens is 1. The smallest absolute Gasteiger partial charge is 0.261 e. The molecule has 3 aromatic rings. The van der Waals surface area contributed by atoms with Crippen molar-refractivity contribution in [2.45, 2.75) is 20.3 Å². The molecule has 0 saturated heterocycles. The number of aromatic nitrogens is 2. The van der Waals surface area contributed by atoms with Crippen molar-refractivity contribution in [2.24, 2.45) is 0 Å². The van der Waals surface area contributed by atoms with E-state index in [1.54, 1.807) is 19.2 Å². The van der Waals surface area contributed by atoms with Crippen LogP contribution >= 0.6 is 11.3 Å². The molecule has 0 bridgehead atoms. The molecule has 0 unspecified atom stereocenters. The van der Waals surface area contributed by atoms with Gasteiger partial charge in [0.2, 0.25) is 0 Å². The minimum Gasteiger partial charge on any atom is -0.261 e. The number of hydrogen-bond donors (Lipinski definition) is 0. The van der Waals surface area contributed by atoms with Crippen molar-refractivity contribution < 1.29 is 9.31 Å². The zero-order valence-electron chi connectivity index (χ0n) is 13.1. The van der Waals surface area contributed by atoms with E-state index in [1.165, 1.54) is 17.4 Å². The second kappa shape index (κ2) is 6.45. The van der Waals surface area contributed by atoms with Crippen LogP contribution in [0.15, 0.2) is 36.0 Å². The highest BCUT2D eigenvalue weighted by molar-refractivity contribution is 7.10. The average molecular weight is 343 g/mol. The van der Waals surface area contributed by atoms with Crippen LogP contribution in [-0.2, 0) is 6.42 Å². The van der Waals surface area contributed by atoms with Crippen molar-refractivity contribution in [3.8, 4) is 11.3 Å². The van der Waals surface area contributed by atoms with Crippen molar-refractivity contribution in [1.29, 1.82) is 0 Å². The lowest BCUT2D eigenvalue weighted by Crippen LogP contribution is -1.98. The minimum atomic E-state index is -0.399. The number of benzene rings is 1. The minimum absolute atomic E-state index is 0.127. The molecule has 122 valence electrons. The second-order valence-electron chi connectivity index (χ2n) is 5.52. The summed E-state index contributed by atoms with van der Waals surface area (Å²) in [7, 11) is 0. The maximum atomic E-state index is 13.3. The fourth-order valence-corrected chi connectivity index (χ4v) is 3.31. The van der Waals surface area contributed by atoms with Crippen LogP contribution in [0.25, 0.3) is 11.3 Å². The molecule has 0 radical (unpaired) electrons. The van der Waals surface area contributed by atoms with Gasteiger partial charge in [0.25, 0.3) is 5.69 Å². The number of nitro benzene ring substituents is 1. The summed E-state index contributed by atoms with van der Waals surface area (Å²) in [6, 6.07) is 4.82. The fraction of sp³-hybridized carbons (Fsp3) is 0.176. The van der Waals surface area contributed by atoms with Crippen molar-refractivity contribution in [2.75, 3.05) is 0 Å². The molecular weight excluding hydrogens is 329 g/mol. The SMILES string of the molecule is Cc1cc([N+](=O)[O-])c(C)cc1Cc1nc(-c2cncc(F)c2)cs1. The number of hydrogen-bond acceptors (Lipinski definition) is 5. The van der Waals surface area contributed by atoms with Crippen molar-refractivity contribution >= 4 is 17.0 Å². The summed E-state index contributed by atoms with van der Waals surface area (Å²) in [5.74, 6) is -0.399. The Labute approximate surface area is 142 Å². The Morgan fingerprint density at radius 3 is 2.71 bits per heavy atom. The van der Waals surface area contributed by atoms with Gasteiger partial charge in [-0.3, -0.25) is 15.1 Å². The predicted octanol–water partition coefficient (Wildman–Crippen LogP) is 4.46. The third kappa shape index (κ3) is 3.30. The summed E-state index contributed by atoms with van der Waals surface area (Å²) in [4.78, 5) is 19.0. The standard InChI is InChI=1S/C17H14FN3O2S/c1-10-4-16(21(22)23)11(2)3-12(10)6-17-20-15(9-24-17)13-5-14(18)8-19-7-13/h3-5,7-9H,6H2,1-2H3. The Morgan fingerprint density at radius 2 is 2.00 bits per heavy atom. The van der Waals surface area contributed by atoms with E-state index in [4.69, 9.17) is 0 Å². The largest absolute Gasteiger partial charge is 0.272 e. The topological polar surface area (TPSA) is 68.9 Å². The molecule has 2 aromatic heterocycles. The molecule has 0 aliphatic carbocycles. The third-order valence-electron chi connectivity index (χ3n) is 3.75. The van der Waals surface area contributed by atoms with E-state index < -0.39 is 5.82 Å². The number of pyridine rings is 1. The Morgan fingerprint density at radius 1 is 1.21 bits per heavy atom. The quantitative estimate of drug-likeness (QED) is 0.518. The highest BCUT2D eigenvalue weighted by Crippen LogP contribution is 2.27. The zero-order chi connectivity index (χ0) is 17.3. The van der Waals surface area contributed by atoms with E-state index >= 15 is 0 Å². The van der Waals surface area contributed by atoms with Gasteiger partial charge >= 0.3 is 0 Å². The number of rotatable bonds is 4. The first-order valence-electron chi connectivity index (χ1n) is 7.24. The summed E-state index contributed by atoms with van der Waals surface area (Å²) in [6.07, 6.45) is 3.31. The summed E-state index contributed by atoms with van der Waals surface area (Å²) in [5.41, 5.74) is 3.92. The highest BCUT2D eigenvalue weighted by Gasteiger charge is 2.15. The monoisotopic (exact) mass is 343 g/mol. The number of nitro groups is 1. The van der Waals surface area contributed by atoms with Crippen LogP contribution in [0.1, 0.15) is 21.7 Å². The number of nitrogens with zero attached hydrogens (tertiary/aromatic N) is 3. The molecule has 0 saturated carbocycles. The third-order valence-corrected chi connectivity index (χ3v) is 4.59. The lowest BCUT2D eigenvalue weighted by Gasteiger charge is -2.06. The van der Waals surface area contributed by atoms with Crippen molar-refractivity contribution in [1.82, 2.24) is 9.97 Å². The summed E-state index contributed by atoms with van der Waals surface area (Å²) < 4.78 is 13.3. The van der Waals surface area contributed by atoms with E-state index in [0.29, 0.717) is 23.2 Å². The van der Waals surface area contributed by atoms with Gasteiger partial charge in [0, 0.05) is 35.2 Å². The first-order chi connectivity index (χ1) is 11.4. The molecule has 24 heavy (non-hydrogen) atoms. The molecule has 0 spiro atoms. The van der Waals surface area contributed by atoms with Gasteiger partial charge in [-0.25, -0.2) is 9.37 Å². The van der Waals surface area contributed by atoms with Crippen LogP contribution in [0, 0.1) is 29.8 Å². The lowest BCUT2D eigenvalue weighted by atomic mass is 10.0. The summed E-state index contributed by atoms with van der Waals surface area (Å²) in [6.45, 7) is 3.58. The highest BCUT2D eigenvalue weighted by atomic mass is 32.1. The van der Waals surface area contributed by atoms with Crippen LogP contribution in [0.2, 0.25) is 0 Å². The predicted molar refractivity (Wildman–Crippen MR) is 90.7 cm³/mol. The average Bonchev–Trinajstić information content (AvgIpc) is 2.99. The molecule has 1 aromatic carbocycles. The van der Waals surface area contributed by atoms with Crippen LogP contribution < -0.4 is 0 Å². The van der Waals surface area contributed by atoms with E-state index in [9.17, 15) is 14.5 Å². The van der Waals surface area contributed by atoms with Crippen LogP contribution in [0.3, 0.4) is 0 Å². The van der Waals surface area contributed by atoms with Crippen molar-refractivity contribution in [3.05, 3.63) is 73.6 Å². The molecule has 0 amide bonds. The molecule has 0 aliphatic rings. The summed E-state index contributed by atoms with van der Waals surface area (Å²) >= 11 is 1.47. The fourth-order valence-electron chi connectivity index (χ4n) is 2.49. The van der Waals surface area contributed by atoms with Gasteiger partial charge in [0.1, 0.15) is 5.82 Å². The maximum absolute atomic E-state index is 13.3. The Kier molecular flexibility index (Phi) is 4.35. The number of thiazole rings is 1. The lowest BCUT2D eigenvalue weighted by molar-refractivity contribution is -0.385. The van der Waals surface area contributed by atoms with Crippen LogP contribution in [-0.4, -0.2) is 14.9 Å². The van der Waals surface area contributed by atoms with Gasteiger partial charge in [-0.05, 0) is 37.1 Å². The maximum Gasteiger partial charge on any atom is 0.272 e. The van der Waals surface area contributed by atoms with Gasteiger partial charge in [-0.1, -0.05) is 0 Å². The molecule has 0 aliphatic heterocycles. The van der Waals surface area contributed by atoms with Crippen molar-refractivity contribution in [3.63, 3.8) is 0 Å². The number of aryl methyl sites for hydroxylation is 2. The molecule has 5 nitrogen and oxygen atoms in total. The molecule has 7 heteroatoms. The van der Waals surface area contributed by atoms with Gasteiger partial charge in [0.15, 0.2) is 0 Å². The molecule has 0 atom stereocenters. The van der Waals surface area contributed by atoms with Gasteiger partial charge in [-0.15, -0.1) is 11.3 Å². The second-order valence-corrected chi connectivity index (χ2v) is 6.46. The first-order valence-corrected chi connectivity index (χ1v) is 8.12. The van der Waals surface area contributed by atoms with Gasteiger partial charge in [-0.2, -0.15) is 0 Å². The zero-order valence-corrected chi connectivity index (χ0v) is 13.9. The first kappa shape index (κ1) is 16.2. The Bertz CT molecular complexity index is 924. The van der Waals surface area contributed by atoms with Gasteiger partial charge < -0.3 is 0 Å². The summed E-state index contributed by atoms with van der Waals surface area (Å²) in [5, 5.41) is 13.7. The molecule has 3 rings (SSSR count). The Balaban J connectivity index is 1.88. The van der Waals surface area contributed by atoms with Crippen LogP contribution in [0.4, 0.5) is 10.1 Å². The van der Waals surface area contributed by atoms with E-state index in [1.807, 2.05) is 18.4 Å². The molecule has 0 N–H and O–H groups in total. The molecular formula is C17H14FN3O2S. The molecule has 2 heterocycles. The van der Waals surface area contributed by atoms with Gasteiger partial charge in [0.05, 0.1) is 21.8 Å². The van der Waals surface area contributed by atoms with Crippen LogP contribution in [0.5, 0.6) is 0 Å². The van der Waals surface area contributed by atoms with E-state index in [-0.39, 0.29) is 10.6 Å².